The monoisotopic (exact) mass is 443 g/mol. The van der Waals surface area contributed by atoms with Crippen LogP contribution in [0.5, 0.6) is 0 Å². The number of benzene rings is 5. The van der Waals surface area contributed by atoms with E-state index in [4.69, 9.17) is 0 Å². The number of fused-ring (bicyclic) bond motifs is 15. The first-order valence-electron chi connectivity index (χ1n) is 12.5. The molecule has 1 nitrogen and oxygen atoms in total. The zero-order valence-corrected chi connectivity index (χ0v) is 19.2. The number of nitrogens with zero attached hydrogens (tertiary/aromatic N) is 1. The summed E-state index contributed by atoms with van der Waals surface area (Å²) in [6.45, 7) is 0. The fourth-order valence-electron chi connectivity index (χ4n) is 6.90. The zero-order valence-electron chi connectivity index (χ0n) is 19.2. The van der Waals surface area contributed by atoms with Crippen LogP contribution in [-0.2, 0) is 12.8 Å². The van der Waals surface area contributed by atoms with Gasteiger partial charge in [0.2, 0.25) is 0 Å². The van der Waals surface area contributed by atoms with Gasteiger partial charge in [0.05, 0.1) is 11.0 Å². The summed E-state index contributed by atoms with van der Waals surface area (Å²) in [7, 11) is 0. The first-order chi connectivity index (χ1) is 17.3. The molecule has 2 heterocycles. The largest absolute Gasteiger partial charge is 0.315 e. The van der Waals surface area contributed by atoms with Gasteiger partial charge in [-0.25, -0.2) is 0 Å². The quantitative estimate of drug-likeness (QED) is 0.207. The molecule has 0 fully saturated rings. The maximum absolute atomic E-state index is 2.48. The molecular weight excluding hydrogens is 422 g/mol. The van der Waals surface area contributed by atoms with E-state index in [-0.39, 0.29) is 0 Å². The van der Waals surface area contributed by atoms with Gasteiger partial charge in [-0.3, -0.25) is 0 Å². The Balaban J connectivity index is 1.51. The molecule has 0 saturated heterocycles. The SMILES string of the molecule is c1ccc2c(c1)Cc1cc3c4ccc5c(c4c4c6ccccc6cn4c3cc1-2)Cc1ccccc1-5. The Morgan fingerprint density at radius 2 is 1.26 bits per heavy atom. The fourth-order valence-corrected chi connectivity index (χ4v) is 6.90. The number of pyridine rings is 1. The van der Waals surface area contributed by atoms with Crippen molar-refractivity contribution in [2.45, 2.75) is 12.8 Å². The summed E-state index contributed by atoms with van der Waals surface area (Å²) < 4.78 is 2.48. The maximum Gasteiger partial charge on any atom is 0.0616 e. The molecule has 9 rings (SSSR count). The first-order valence-corrected chi connectivity index (χ1v) is 12.5. The van der Waals surface area contributed by atoms with E-state index in [1.54, 1.807) is 0 Å². The summed E-state index contributed by atoms with van der Waals surface area (Å²) in [5.74, 6) is 0. The molecule has 0 bridgehead atoms. The van der Waals surface area contributed by atoms with Crippen molar-refractivity contribution in [3.8, 4) is 22.3 Å². The normalized spacial score (nSPS) is 13.5. The number of hydrogen-bond acceptors (Lipinski definition) is 0. The second-order valence-corrected chi connectivity index (χ2v) is 10.1. The molecule has 1 heteroatoms. The van der Waals surface area contributed by atoms with E-state index in [9.17, 15) is 0 Å². The molecule has 0 saturated carbocycles. The van der Waals surface area contributed by atoms with Crippen molar-refractivity contribution < 1.29 is 0 Å². The van der Waals surface area contributed by atoms with Gasteiger partial charge in [-0.15, -0.1) is 0 Å². The average molecular weight is 444 g/mol. The van der Waals surface area contributed by atoms with Crippen molar-refractivity contribution in [3.63, 3.8) is 0 Å². The van der Waals surface area contributed by atoms with Gasteiger partial charge in [-0.05, 0) is 74.9 Å². The van der Waals surface area contributed by atoms with Crippen LogP contribution in [0.15, 0.2) is 103 Å². The Labute approximate surface area is 202 Å². The Morgan fingerprint density at radius 1 is 0.514 bits per heavy atom. The van der Waals surface area contributed by atoms with Gasteiger partial charge in [-0.1, -0.05) is 84.9 Å². The molecule has 162 valence electrons. The van der Waals surface area contributed by atoms with Crippen LogP contribution in [0.3, 0.4) is 0 Å². The summed E-state index contributed by atoms with van der Waals surface area (Å²) in [6, 6.07) is 36.4. The predicted octanol–water partition coefficient (Wildman–Crippen LogP) is 8.54. The molecule has 0 aliphatic heterocycles. The van der Waals surface area contributed by atoms with E-state index < -0.39 is 0 Å². The molecule has 2 aromatic heterocycles. The van der Waals surface area contributed by atoms with E-state index in [2.05, 4.69) is 108 Å². The lowest BCUT2D eigenvalue weighted by Crippen LogP contribution is -1.95. The van der Waals surface area contributed by atoms with E-state index in [0.717, 1.165) is 12.8 Å². The van der Waals surface area contributed by atoms with E-state index in [1.165, 1.54) is 82.5 Å². The van der Waals surface area contributed by atoms with Gasteiger partial charge in [0.25, 0.3) is 0 Å². The minimum Gasteiger partial charge on any atom is -0.315 e. The van der Waals surface area contributed by atoms with Crippen LogP contribution in [0, 0.1) is 0 Å². The lowest BCUT2D eigenvalue weighted by atomic mass is 9.93. The third-order valence-corrected chi connectivity index (χ3v) is 8.41. The molecule has 0 radical (unpaired) electrons. The Bertz CT molecular complexity index is 2050. The van der Waals surface area contributed by atoms with Gasteiger partial charge >= 0.3 is 0 Å². The predicted molar refractivity (Wildman–Crippen MR) is 146 cm³/mol. The molecule has 0 atom stereocenters. The third kappa shape index (κ3) is 2.19. The molecular formula is C34H21N. The number of rotatable bonds is 0. The molecule has 2 aliphatic rings. The molecule has 35 heavy (non-hydrogen) atoms. The highest BCUT2D eigenvalue weighted by Gasteiger charge is 2.25. The summed E-state index contributed by atoms with van der Waals surface area (Å²) in [4.78, 5) is 0. The van der Waals surface area contributed by atoms with Crippen LogP contribution in [-0.4, -0.2) is 4.40 Å². The van der Waals surface area contributed by atoms with Gasteiger partial charge in [0.1, 0.15) is 0 Å². The Kier molecular flexibility index (Phi) is 3.19. The number of hydrogen-bond donors (Lipinski definition) is 0. The molecule has 7 aromatic rings. The van der Waals surface area contributed by atoms with Gasteiger partial charge in [-0.2, -0.15) is 0 Å². The summed E-state index contributed by atoms with van der Waals surface area (Å²) in [6.07, 6.45) is 4.37. The Morgan fingerprint density at radius 3 is 2.14 bits per heavy atom. The lowest BCUT2D eigenvalue weighted by Gasteiger charge is -2.15. The average Bonchev–Trinajstić information content (AvgIpc) is 3.58. The van der Waals surface area contributed by atoms with E-state index in [1.807, 2.05) is 0 Å². The van der Waals surface area contributed by atoms with Crippen molar-refractivity contribution in [3.05, 3.63) is 126 Å². The van der Waals surface area contributed by atoms with Crippen molar-refractivity contribution >= 4 is 38.0 Å². The van der Waals surface area contributed by atoms with Crippen LogP contribution in [0.2, 0.25) is 0 Å². The van der Waals surface area contributed by atoms with Gasteiger partial charge < -0.3 is 4.40 Å². The lowest BCUT2D eigenvalue weighted by molar-refractivity contribution is 1.25. The van der Waals surface area contributed by atoms with Crippen molar-refractivity contribution in [1.29, 1.82) is 0 Å². The highest BCUT2D eigenvalue weighted by atomic mass is 14.9. The highest BCUT2D eigenvalue weighted by Crippen LogP contribution is 2.47. The maximum atomic E-state index is 2.48. The van der Waals surface area contributed by atoms with E-state index >= 15 is 0 Å². The summed E-state index contributed by atoms with van der Waals surface area (Å²) in [5, 5.41) is 6.79. The summed E-state index contributed by atoms with van der Waals surface area (Å²) in [5.41, 5.74) is 14.0. The van der Waals surface area contributed by atoms with Gasteiger partial charge in [0, 0.05) is 27.7 Å². The second kappa shape index (κ2) is 6.20. The minimum atomic E-state index is 1.000. The van der Waals surface area contributed by atoms with Crippen LogP contribution < -0.4 is 0 Å². The molecule has 5 aromatic carbocycles. The molecule has 2 aliphatic carbocycles. The molecule has 0 spiro atoms. The first kappa shape index (κ1) is 18.0. The van der Waals surface area contributed by atoms with Crippen molar-refractivity contribution in [1.82, 2.24) is 4.40 Å². The van der Waals surface area contributed by atoms with Crippen LogP contribution in [0.4, 0.5) is 0 Å². The zero-order chi connectivity index (χ0) is 22.7. The van der Waals surface area contributed by atoms with E-state index in [0.29, 0.717) is 0 Å². The number of aromatic nitrogens is 1. The Hall–Kier alpha value is -4.36. The smallest absolute Gasteiger partial charge is 0.0616 e. The standard InChI is InChI=1S/C34H21N/c1-5-11-25-20(7-1)15-23-17-30-28-14-13-27-24-10-4-2-8-21(24)16-31(27)33(28)34-26-12-6-3-9-22(26)19-35(34)32(30)18-29(23)25/h1-14,17-19H,15-16H2. The van der Waals surface area contributed by atoms with Gasteiger partial charge in [0.15, 0.2) is 0 Å². The van der Waals surface area contributed by atoms with Crippen molar-refractivity contribution in [2.24, 2.45) is 0 Å². The highest BCUT2D eigenvalue weighted by molar-refractivity contribution is 6.22. The molecule has 0 amide bonds. The van der Waals surface area contributed by atoms with Crippen LogP contribution in [0.1, 0.15) is 22.3 Å². The third-order valence-electron chi connectivity index (χ3n) is 8.41. The fraction of sp³-hybridized carbons (Fsp3) is 0.0588. The summed E-state index contributed by atoms with van der Waals surface area (Å²) >= 11 is 0. The minimum absolute atomic E-state index is 1.000. The molecule has 0 unspecified atom stereocenters. The van der Waals surface area contributed by atoms with Crippen LogP contribution >= 0.6 is 0 Å². The topological polar surface area (TPSA) is 4.41 Å². The second-order valence-electron chi connectivity index (χ2n) is 10.1. The van der Waals surface area contributed by atoms with Crippen molar-refractivity contribution in [2.75, 3.05) is 0 Å². The molecule has 0 N–H and O–H groups in total. The van der Waals surface area contributed by atoms with Crippen LogP contribution in [0.25, 0.3) is 60.2 Å².